The van der Waals surface area contributed by atoms with Gasteiger partial charge in [0, 0.05) is 13.1 Å². The van der Waals surface area contributed by atoms with Crippen LogP contribution >= 0.6 is 0 Å². The van der Waals surface area contributed by atoms with Crippen molar-refractivity contribution in [2.45, 2.75) is 60.4 Å². The summed E-state index contributed by atoms with van der Waals surface area (Å²) >= 11 is 0. The van der Waals surface area contributed by atoms with E-state index in [1.807, 2.05) is 36.4 Å². The molecule has 7 rings (SSSR count). The molecular weight excluding hydrogens is 755 g/mol. The summed E-state index contributed by atoms with van der Waals surface area (Å²) < 4.78 is 85.7. The lowest BCUT2D eigenvalue weighted by molar-refractivity contribution is -0.142. The minimum absolute atomic E-state index is 0.0277. The third kappa shape index (κ3) is 9.66. The van der Waals surface area contributed by atoms with Crippen LogP contribution in [0, 0.1) is 11.6 Å². The lowest BCUT2D eigenvalue weighted by Crippen LogP contribution is -2.44. The van der Waals surface area contributed by atoms with Crippen LogP contribution in [0.5, 0.6) is 0 Å². The Morgan fingerprint density at radius 1 is 0.764 bits per heavy atom. The molecule has 0 spiro atoms. The van der Waals surface area contributed by atoms with Gasteiger partial charge >= 0.3 is 5.97 Å². The van der Waals surface area contributed by atoms with Gasteiger partial charge in [0.2, 0.25) is 25.9 Å². The van der Waals surface area contributed by atoms with Crippen molar-refractivity contribution in [2.75, 3.05) is 13.1 Å². The maximum atomic E-state index is 13.1. The summed E-state index contributed by atoms with van der Waals surface area (Å²) in [4.78, 5) is 21.2. The van der Waals surface area contributed by atoms with E-state index in [-0.39, 0.29) is 28.6 Å². The van der Waals surface area contributed by atoms with Crippen molar-refractivity contribution in [2.24, 2.45) is 10.9 Å². The summed E-state index contributed by atoms with van der Waals surface area (Å²) in [6.07, 6.45) is 2.87. The smallest absolute Gasteiger partial charge is 0.339 e. The Hall–Kier alpha value is -5.36. The Morgan fingerprint density at radius 3 is 1.89 bits per heavy atom. The van der Waals surface area contributed by atoms with Gasteiger partial charge in [0.25, 0.3) is 0 Å². The van der Waals surface area contributed by atoms with Gasteiger partial charge in [0.05, 0.1) is 34.7 Å². The standard InChI is InChI=1S/C19H20FN3O4S.C19H18FN3O3S/c20-15-8-10-16(11-9-15)28(25,26)23-12-4-7-17(23)19(21)22-27-18(24)13-14-5-2-1-3-6-14;20-15-8-10-16(11-9-15)27(24,25)23-12-4-7-17(23)19-21-18(26-22-19)13-14-5-2-1-3-6-14/h1-3,5-6,8-11,17H,4,7,12-13H2,(H2,21,22);1-3,5-6,8-11,17H,4,7,12-13H2/t2*17-/m00/s1. The van der Waals surface area contributed by atoms with Crippen molar-refractivity contribution in [1.29, 1.82) is 0 Å². The van der Waals surface area contributed by atoms with Gasteiger partial charge < -0.3 is 15.1 Å². The molecule has 2 aliphatic heterocycles. The normalized spacial score (nSPS) is 18.1. The number of halogens is 2. The number of hydrogen-bond acceptors (Lipinski definition) is 10. The van der Waals surface area contributed by atoms with Crippen LogP contribution in [0.4, 0.5) is 8.78 Å². The molecule has 17 heteroatoms. The SMILES string of the molecule is N/C(=N\OC(=O)Cc1ccccc1)[C@@H]1CCCN1S(=O)(=O)c1ccc(F)cc1.O=S(=O)(c1ccc(F)cc1)N1CCC[C@H]1c1noc(Cc2ccccc2)n1. The van der Waals surface area contributed by atoms with Gasteiger partial charge in [0.1, 0.15) is 11.6 Å². The maximum absolute atomic E-state index is 13.1. The summed E-state index contributed by atoms with van der Waals surface area (Å²) in [5.74, 6) is -0.880. The lowest BCUT2D eigenvalue weighted by atomic mass is 10.1. The minimum atomic E-state index is -3.87. The zero-order valence-electron chi connectivity index (χ0n) is 29.4. The van der Waals surface area contributed by atoms with E-state index < -0.39 is 49.7 Å². The monoisotopic (exact) mass is 792 g/mol. The molecule has 5 aromatic rings. The summed E-state index contributed by atoms with van der Waals surface area (Å²) in [5, 5.41) is 7.67. The van der Waals surface area contributed by atoms with Gasteiger partial charge in [-0.3, -0.25) is 0 Å². The van der Waals surface area contributed by atoms with E-state index in [9.17, 15) is 30.4 Å². The largest absolute Gasteiger partial charge is 0.383 e. The first-order valence-electron chi connectivity index (χ1n) is 17.4. The molecule has 1 aromatic heterocycles. The predicted octanol–water partition coefficient (Wildman–Crippen LogP) is 5.36. The fourth-order valence-electron chi connectivity index (χ4n) is 6.30. The topological polar surface area (TPSA) is 178 Å². The average molecular weight is 793 g/mol. The molecule has 288 valence electrons. The van der Waals surface area contributed by atoms with Crippen LogP contribution in [0.2, 0.25) is 0 Å². The van der Waals surface area contributed by atoms with E-state index in [1.165, 1.54) is 32.9 Å². The Balaban J connectivity index is 0.000000187. The summed E-state index contributed by atoms with van der Waals surface area (Å²) in [7, 11) is -7.63. The molecular formula is C38H38F2N6O7S2. The molecule has 0 saturated carbocycles. The number of carbonyl (C=O) groups is 1. The Labute approximate surface area is 317 Å². The second kappa shape index (κ2) is 17.4. The van der Waals surface area contributed by atoms with Gasteiger partial charge in [0.15, 0.2) is 11.7 Å². The number of amidine groups is 1. The molecule has 3 heterocycles. The second-order valence-electron chi connectivity index (χ2n) is 12.8. The van der Waals surface area contributed by atoms with Crippen LogP contribution < -0.4 is 5.73 Å². The van der Waals surface area contributed by atoms with Crippen LogP contribution in [0.25, 0.3) is 0 Å². The van der Waals surface area contributed by atoms with Crippen molar-refractivity contribution >= 4 is 31.9 Å². The van der Waals surface area contributed by atoms with Crippen molar-refractivity contribution in [3.63, 3.8) is 0 Å². The van der Waals surface area contributed by atoms with E-state index in [0.717, 1.165) is 35.4 Å². The first-order chi connectivity index (χ1) is 26.4. The number of nitrogens with two attached hydrogens (primary N) is 1. The molecule has 0 amide bonds. The van der Waals surface area contributed by atoms with Crippen molar-refractivity contribution < 1.29 is 39.8 Å². The number of sulfonamides is 2. The average Bonchev–Trinajstić information content (AvgIpc) is 3.98. The van der Waals surface area contributed by atoms with Crippen LogP contribution in [0.3, 0.4) is 0 Å². The van der Waals surface area contributed by atoms with E-state index in [2.05, 4.69) is 15.3 Å². The Kier molecular flexibility index (Phi) is 12.4. The molecule has 13 nitrogen and oxygen atoms in total. The molecule has 2 fully saturated rings. The number of aromatic nitrogens is 2. The van der Waals surface area contributed by atoms with Gasteiger partial charge in [-0.2, -0.15) is 13.6 Å². The molecule has 0 radical (unpaired) electrons. The summed E-state index contributed by atoms with van der Waals surface area (Å²) in [6, 6.07) is 26.9. The van der Waals surface area contributed by atoms with Crippen LogP contribution in [-0.4, -0.2) is 66.5 Å². The number of nitrogens with zero attached hydrogens (tertiary/aromatic N) is 5. The third-order valence-corrected chi connectivity index (χ3v) is 12.9. The second-order valence-corrected chi connectivity index (χ2v) is 16.6. The maximum Gasteiger partial charge on any atom is 0.339 e. The number of hydrogen-bond donors (Lipinski definition) is 1. The Bertz CT molecular complexity index is 2310. The molecule has 4 aromatic carbocycles. The van der Waals surface area contributed by atoms with Gasteiger partial charge in [-0.15, -0.1) is 0 Å². The van der Waals surface area contributed by atoms with Crippen LogP contribution in [0.1, 0.15) is 54.6 Å². The van der Waals surface area contributed by atoms with E-state index in [4.69, 9.17) is 15.1 Å². The fraction of sp³-hybridized carbons (Fsp3) is 0.263. The number of oxime groups is 1. The molecule has 2 N–H and O–H groups in total. The first kappa shape index (κ1) is 39.3. The van der Waals surface area contributed by atoms with Crippen LogP contribution in [-0.2, 0) is 42.5 Å². The van der Waals surface area contributed by atoms with Crippen LogP contribution in [0.15, 0.2) is 129 Å². The zero-order valence-corrected chi connectivity index (χ0v) is 31.1. The van der Waals surface area contributed by atoms with E-state index >= 15 is 0 Å². The summed E-state index contributed by atoms with van der Waals surface area (Å²) in [5.41, 5.74) is 7.72. The number of carbonyl (C=O) groups excluding carboxylic acids is 1. The molecule has 2 aliphatic rings. The van der Waals surface area contributed by atoms with Crippen molar-refractivity contribution in [3.8, 4) is 0 Å². The fourth-order valence-corrected chi connectivity index (χ4v) is 9.62. The quantitative estimate of drug-likeness (QED) is 0.0793. The highest BCUT2D eigenvalue weighted by Gasteiger charge is 2.39. The predicted molar refractivity (Wildman–Crippen MR) is 197 cm³/mol. The molecule has 0 bridgehead atoms. The molecule has 2 atom stereocenters. The van der Waals surface area contributed by atoms with Gasteiger partial charge in [-0.05, 0) is 85.3 Å². The van der Waals surface area contributed by atoms with Crippen molar-refractivity contribution in [1.82, 2.24) is 18.8 Å². The van der Waals surface area contributed by atoms with Crippen molar-refractivity contribution in [3.05, 3.63) is 144 Å². The third-order valence-electron chi connectivity index (χ3n) is 9.01. The van der Waals surface area contributed by atoms with E-state index in [0.29, 0.717) is 50.4 Å². The molecule has 55 heavy (non-hydrogen) atoms. The highest BCUT2D eigenvalue weighted by Crippen LogP contribution is 2.35. The van der Waals surface area contributed by atoms with Gasteiger partial charge in [-0.1, -0.05) is 71.0 Å². The molecule has 0 aliphatic carbocycles. The minimum Gasteiger partial charge on any atom is -0.383 e. The molecule has 0 unspecified atom stereocenters. The summed E-state index contributed by atoms with van der Waals surface area (Å²) in [6.45, 7) is 0.617. The number of rotatable bonds is 11. The highest BCUT2D eigenvalue weighted by molar-refractivity contribution is 7.89. The van der Waals surface area contributed by atoms with Gasteiger partial charge in [-0.25, -0.2) is 30.4 Å². The molecule has 2 saturated heterocycles. The highest BCUT2D eigenvalue weighted by atomic mass is 32.2. The zero-order chi connectivity index (χ0) is 39.0. The Morgan fingerprint density at radius 2 is 1.29 bits per heavy atom. The van der Waals surface area contributed by atoms with E-state index in [1.54, 1.807) is 24.3 Å². The number of benzene rings is 4. The lowest BCUT2D eigenvalue weighted by Gasteiger charge is -2.23. The first-order valence-corrected chi connectivity index (χ1v) is 20.3.